The van der Waals surface area contributed by atoms with Gasteiger partial charge in [-0.25, -0.2) is 0 Å². The third-order valence-corrected chi connectivity index (χ3v) is 2.85. The lowest BCUT2D eigenvalue weighted by atomic mass is 10.4. The predicted octanol–water partition coefficient (Wildman–Crippen LogP) is 1.20. The number of hydrogen-bond donors (Lipinski definition) is 1. The van der Waals surface area contributed by atoms with Crippen LogP contribution in [0.4, 0.5) is 11.6 Å². The third-order valence-electron chi connectivity index (χ3n) is 2.85. The van der Waals surface area contributed by atoms with Gasteiger partial charge in [0.25, 0.3) is 0 Å². The number of fused-ring (bicyclic) bond motifs is 1. The quantitative estimate of drug-likeness (QED) is 0.660. The van der Waals surface area contributed by atoms with Gasteiger partial charge >= 0.3 is 5.82 Å². The Labute approximate surface area is 121 Å². The Morgan fingerprint density at radius 2 is 2.24 bits per heavy atom. The number of carbonyl (C=O) groups excluding carboxylic acids is 1. The number of carbonyl (C=O) groups is 1. The zero-order valence-corrected chi connectivity index (χ0v) is 12.1. The predicted molar refractivity (Wildman–Crippen MR) is 78.4 cm³/mol. The van der Waals surface area contributed by atoms with Crippen LogP contribution in [0.5, 0.6) is 0 Å². The van der Waals surface area contributed by atoms with E-state index in [4.69, 9.17) is 0 Å². The summed E-state index contributed by atoms with van der Waals surface area (Å²) in [6, 6.07) is 5.14. The van der Waals surface area contributed by atoms with Crippen LogP contribution in [0.15, 0.2) is 24.4 Å². The number of likely N-dealkylation sites (N-methyl/N-ethyl adjacent to an activating group) is 1. The van der Waals surface area contributed by atoms with Crippen LogP contribution in [0, 0.1) is 10.1 Å². The highest BCUT2D eigenvalue weighted by Gasteiger charge is 2.26. The van der Waals surface area contributed by atoms with E-state index in [1.54, 1.807) is 31.4 Å². The molecule has 2 heterocycles. The minimum absolute atomic E-state index is 0.00288. The first-order valence-electron chi connectivity index (χ1n) is 6.52. The molecule has 0 saturated carbocycles. The van der Waals surface area contributed by atoms with Crippen molar-refractivity contribution in [3.8, 4) is 0 Å². The van der Waals surface area contributed by atoms with E-state index in [0.29, 0.717) is 5.65 Å². The summed E-state index contributed by atoms with van der Waals surface area (Å²) in [6.07, 6.45) is 1.58. The summed E-state index contributed by atoms with van der Waals surface area (Å²) in [5, 5.41) is 14.0. The Hall–Kier alpha value is -2.64. The van der Waals surface area contributed by atoms with Crippen LogP contribution >= 0.6 is 0 Å². The average Bonchev–Trinajstić information content (AvgIpc) is 2.76. The fraction of sp³-hybridized carbons (Fsp3) is 0.385. The maximum Gasteiger partial charge on any atom is 0.372 e. The van der Waals surface area contributed by atoms with Crippen molar-refractivity contribution in [3.05, 3.63) is 34.5 Å². The number of imidazole rings is 1. The van der Waals surface area contributed by atoms with E-state index in [9.17, 15) is 14.9 Å². The zero-order valence-electron chi connectivity index (χ0n) is 12.1. The number of nitrogens with one attached hydrogen (secondary N) is 1. The highest BCUT2D eigenvalue weighted by atomic mass is 16.6. The van der Waals surface area contributed by atoms with E-state index in [-0.39, 0.29) is 30.1 Å². The number of hydrogen-bond acceptors (Lipinski definition) is 5. The Morgan fingerprint density at radius 3 is 2.86 bits per heavy atom. The van der Waals surface area contributed by atoms with Gasteiger partial charge in [0.1, 0.15) is 0 Å². The molecule has 0 aliphatic carbocycles. The van der Waals surface area contributed by atoms with E-state index < -0.39 is 4.92 Å². The smallest absolute Gasteiger partial charge is 0.358 e. The van der Waals surface area contributed by atoms with Gasteiger partial charge in [-0.2, -0.15) is 9.38 Å². The van der Waals surface area contributed by atoms with Crippen LogP contribution in [0.3, 0.4) is 0 Å². The maximum absolute atomic E-state index is 11.8. The monoisotopic (exact) mass is 291 g/mol. The fourth-order valence-corrected chi connectivity index (χ4v) is 2.05. The molecular weight excluding hydrogens is 274 g/mol. The van der Waals surface area contributed by atoms with Crippen LogP contribution in [-0.4, -0.2) is 39.8 Å². The summed E-state index contributed by atoms with van der Waals surface area (Å²) in [5.74, 6) is -0.186. The SMILES string of the molecule is CC(C)NC(=O)CN(C)c1nc2ccccn2c1[N+](=O)[O-]. The van der Waals surface area contributed by atoms with Crippen molar-refractivity contribution in [2.75, 3.05) is 18.5 Å². The highest BCUT2D eigenvalue weighted by molar-refractivity contribution is 5.82. The summed E-state index contributed by atoms with van der Waals surface area (Å²) in [7, 11) is 1.61. The molecule has 112 valence electrons. The zero-order chi connectivity index (χ0) is 15.6. The number of nitro groups is 1. The van der Waals surface area contributed by atoms with E-state index >= 15 is 0 Å². The molecule has 0 aromatic carbocycles. The largest absolute Gasteiger partial charge is 0.372 e. The lowest BCUT2D eigenvalue weighted by molar-refractivity contribution is -0.389. The third kappa shape index (κ3) is 3.10. The van der Waals surface area contributed by atoms with Gasteiger partial charge in [0, 0.05) is 19.2 Å². The summed E-state index contributed by atoms with van der Waals surface area (Å²) >= 11 is 0. The second-order valence-corrected chi connectivity index (χ2v) is 5.02. The van der Waals surface area contributed by atoms with Crippen molar-refractivity contribution in [2.24, 2.45) is 0 Å². The van der Waals surface area contributed by atoms with Crippen LogP contribution in [0.25, 0.3) is 5.65 Å². The van der Waals surface area contributed by atoms with Gasteiger partial charge in [0.15, 0.2) is 0 Å². The van der Waals surface area contributed by atoms with E-state index in [2.05, 4.69) is 10.3 Å². The van der Waals surface area contributed by atoms with Crippen molar-refractivity contribution < 1.29 is 9.72 Å². The van der Waals surface area contributed by atoms with Crippen LogP contribution in [0.2, 0.25) is 0 Å². The Balaban J connectivity index is 2.34. The summed E-state index contributed by atoms with van der Waals surface area (Å²) in [5.41, 5.74) is 0.468. The standard InChI is InChI=1S/C13H17N5O3/c1-9(2)14-11(19)8-16(3)12-13(18(20)21)17-7-5-4-6-10(17)15-12/h4-7,9H,8H2,1-3H3,(H,14,19). The molecule has 1 amide bonds. The molecule has 0 atom stereocenters. The Morgan fingerprint density at radius 1 is 1.52 bits per heavy atom. The minimum Gasteiger partial charge on any atom is -0.358 e. The second kappa shape index (κ2) is 5.78. The lowest BCUT2D eigenvalue weighted by Crippen LogP contribution is -2.38. The first kappa shape index (κ1) is 14.8. The summed E-state index contributed by atoms with van der Waals surface area (Å²) in [4.78, 5) is 28.3. The van der Waals surface area contributed by atoms with Gasteiger partial charge in [-0.05, 0) is 24.8 Å². The lowest BCUT2D eigenvalue weighted by Gasteiger charge is -2.16. The molecule has 0 saturated heterocycles. The van der Waals surface area contributed by atoms with Crippen LogP contribution < -0.4 is 10.2 Å². The Bertz CT molecular complexity index is 679. The van der Waals surface area contributed by atoms with Gasteiger partial charge in [0.2, 0.25) is 17.4 Å². The van der Waals surface area contributed by atoms with Gasteiger partial charge in [-0.1, -0.05) is 6.07 Å². The minimum atomic E-state index is -0.494. The molecule has 0 unspecified atom stereocenters. The maximum atomic E-state index is 11.8. The van der Waals surface area contributed by atoms with Gasteiger partial charge in [-0.15, -0.1) is 0 Å². The van der Waals surface area contributed by atoms with Crippen molar-refractivity contribution in [3.63, 3.8) is 0 Å². The van der Waals surface area contributed by atoms with Crippen molar-refractivity contribution in [2.45, 2.75) is 19.9 Å². The molecule has 0 aliphatic heterocycles. The van der Waals surface area contributed by atoms with Crippen molar-refractivity contribution >= 4 is 23.2 Å². The van der Waals surface area contributed by atoms with E-state index in [1.807, 2.05) is 13.8 Å². The Kier molecular flexibility index (Phi) is 4.06. The topological polar surface area (TPSA) is 92.8 Å². The molecule has 21 heavy (non-hydrogen) atoms. The number of pyridine rings is 1. The molecule has 8 nitrogen and oxygen atoms in total. The number of nitrogens with zero attached hydrogens (tertiary/aromatic N) is 4. The molecule has 2 rings (SSSR count). The van der Waals surface area contributed by atoms with Gasteiger partial charge in [0.05, 0.1) is 12.7 Å². The second-order valence-electron chi connectivity index (χ2n) is 5.02. The first-order chi connectivity index (χ1) is 9.90. The normalized spacial score (nSPS) is 10.9. The molecule has 2 aromatic rings. The van der Waals surface area contributed by atoms with Gasteiger partial charge in [-0.3, -0.25) is 4.79 Å². The van der Waals surface area contributed by atoms with Crippen molar-refractivity contribution in [1.29, 1.82) is 0 Å². The molecule has 0 bridgehead atoms. The highest BCUT2D eigenvalue weighted by Crippen LogP contribution is 2.27. The molecule has 2 aromatic heterocycles. The molecule has 0 aliphatic rings. The average molecular weight is 291 g/mol. The summed E-state index contributed by atoms with van der Waals surface area (Å²) < 4.78 is 1.40. The van der Waals surface area contributed by atoms with Crippen LogP contribution in [-0.2, 0) is 4.79 Å². The molecule has 8 heteroatoms. The molecular formula is C13H17N5O3. The van der Waals surface area contributed by atoms with Crippen LogP contribution in [0.1, 0.15) is 13.8 Å². The molecule has 0 radical (unpaired) electrons. The van der Waals surface area contributed by atoms with E-state index in [1.165, 1.54) is 9.30 Å². The number of anilines is 1. The van der Waals surface area contributed by atoms with E-state index in [0.717, 1.165) is 0 Å². The molecule has 1 N–H and O–H groups in total. The fourth-order valence-electron chi connectivity index (χ4n) is 2.05. The van der Waals surface area contributed by atoms with Gasteiger partial charge < -0.3 is 20.3 Å². The molecule has 0 spiro atoms. The first-order valence-corrected chi connectivity index (χ1v) is 6.52. The van der Waals surface area contributed by atoms with Crippen molar-refractivity contribution in [1.82, 2.24) is 14.7 Å². The number of amides is 1. The number of rotatable bonds is 5. The summed E-state index contributed by atoms with van der Waals surface area (Å²) in [6.45, 7) is 3.71. The molecule has 0 fully saturated rings. The number of aromatic nitrogens is 2.